The Kier molecular flexibility index (Phi) is 5.53. The minimum Gasteiger partial charge on any atom is -0.394 e. The molecule has 1 aromatic carbocycles. The quantitative estimate of drug-likeness (QED) is 0.654. The van der Waals surface area contributed by atoms with Crippen molar-refractivity contribution in [3.63, 3.8) is 0 Å². The molecule has 0 aliphatic heterocycles. The number of nitrogens with one attached hydrogen (secondary N) is 2. The lowest BCUT2D eigenvalue weighted by Gasteiger charge is -2.16. The second-order valence-corrected chi connectivity index (χ2v) is 3.57. The summed E-state index contributed by atoms with van der Waals surface area (Å²) >= 11 is 0. The fourth-order valence-corrected chi connectivity index (χ4v) is 1.42. The smallest absolute Gasteiger partial charge is 0.221 e. The Morgan fingerprint density at radius 3 is 2.62 bits per heavy atom. The van der Waals surface area contributed by atoms with Crippen molar-refractivity contribution in [3.05, 3.63) is 35.9 Å². The summed E-state index contributed by atoms with van der Waals surface area (Å²) in [4.78, 5) is 11.5. The Balaban J connectivity index is 2.52. The summed E-state index contributed by atoms with van der Waals surface area (Å²) in [6.07, 6.45) is 0.417. The van der Waals surface area contributed by atoms with Gasteiger partial charge < -0.3 is 15.7 Å². The van der Waals surface area contributed by atoms with Crippen LogP contribution in [-0.2, 0) is 4.79 Å². The van der Waals surface area contributed by atoms with Crippen molar-refractivity contribution >= 4 is 5.91 Å². The Labute approximate surface area is 95.7 Å². The lowest BCUT2D eigenvalue weighted by atomic mass is 10.1. The number of hydrogen-bond acceptors (Lipinski definition) is 3. The van der Waals surface area contributed by atoms with E-state index in [1.54, 1.807) is 7.05 Å². The fraction of sp³-hybridized carbons (Fsp3) is 0.417. The van der Waals surface area contributed by atoms with Crippen LogP contribution in [0.2, 0.25) is 0 Å². The van der Waals surface area contributed by atoms with E-state index < -0.39 is 0 Å². The lowest BCUT2D eigenvalue weighted by molar-refractivity contribution is -0.122. The van der Waals surface area contributed by atoms with Gasteiger partial charge in [-0.3, -0.25) is 4.79 Å². The molecule has 0 fully saturated rings. The van der Waals surface area contributed by atoms with E-state index >= 15 is 0 Å². The Morgan fingerprint density at radius 1 is 1.38 bits per heavy atom. The summed E-state index contributed by atoms with van der Waals surface area (Å²) in [6, 6.07) is 9.14. The summed E-state index contributed by atoms with van der Waals surface area (Å²) < 4.78 is 0. The zero-order chi connectivity index (χ0) is 11.8. The monoisotopic (exact) mass is 222 g/mol. The Hall–Kier alpha value is -1.39. The minimum absolute atomic E-state index is 0.0581. The highest BCUT2D eigenvalue weighted by Crippen LogP contribution is 2.11. The van der Waals surface area contributed by atoms with Crippen LogP contribution in [0.4, 0.5) is 0 Å². The summed E-state index contributed by atoms with van der Waals surface area (Å²) in [5, 5.41) is 14.9. The van der Waals surface area contributed by atoms with Crippen LogP contribution in [-0.4, -0.2) is 31.2 Å². The second-order valence-electron chi connectivity index (χ2n) is 3.57. The molecule has 0 radical (unpaired) electrons. The molecule has 0 bridgehead atoms. The van der Waals surface area contributed by atoms with Gasteiger partial charge in [-0.15, -0.1) is 0 Å². The first-order chi connectivity index (χ1) is 7.77. The molecule has 3 N–H and O–H groups in total. The first-order valence-corrected chi connectivity index (χ1v) is 5.37. The van der Waals surface area contributed by atoms with Crippen molar-refractivity contribution < 1.29 is 9.90 Å². The van der Waals surface area contributed by atoms with Gasteiger partial charge in [-0.2, -0.15) is 0 Å². The van der Waals surface area contributed by atoms with Crippen LogP contribution in [0.25, 0.3) is 0 Å². The van der Waals surface area contributed by atoms with Gasteiger partial charge in [0.1, 0.15) is 0 Å². The van der Waals surface area contributed by atoms with E-state index in [1.165, 1.54) is 0 Å². The highest BCUT2D eigenvalue weighted by Gasteiger charge is 2.12. The van der Waals surface area contributed by atoms with Gasteiger partial charge in [0.2, 0.25) is 5.91 Å². The first kappa shape index (κ1) is 12.7. The molecule has 1 rings (SSSR count). The van der Waals surface area contributed by atoms with Crippen LogP contribution in [0.5, 0.6) is 0 Å². The third kappa shape index (κ3) is 4.00. The number of carbonyl (C=O) groups excluding carboxylic acids is 1. The topological polar surface area (TPSA) is 61.4 Å². The van der Waals surface area contributed by atoms with Gasteiger partial charge >= 0.3 is 0 Å². The van der Waals surface area contributed by atoms with Gasteiger partial charge in [0.05, 0.1) is 12.6 Å². The van der Waals surface area contributed by atoms with Gasteiger partial charge in [-0.1, -0.05) is 30.3 Å². The average Bonchev–Trinajstić information content (AvgIpc) is 2.34. The Bertz CT molecular complexity index is 314. The van der Waals surface area contributed by atoms with Crippen LogP contribution in [0.1, 0.15) is 18.0 Å². The largest absolute Gasteiger partial charge is 0.394 e. The van der Waals surface area contributed by atoms with Gasteiger partial charge in [0.15, 0.2) is 0 Å². The molecule has 0 aromatic heterocycles. The molecule has 4 heteroatoms. The molecular weight excluding hydrogens is 204 g/mol. The maximum atomic E-state index is 11.5. The minimum atomic E-state index is -0.314. The van der Waals surface area contributed by atoms with E-state index in [2.05, 4.69) is 10.6 Å². The molecule has 1 amide bonds. The molecule has 4 nitrogen and oxygen atoms in total. The summed E-state index contributed by atoms with van der Waals surface area (Å²) in [6.45, 7) is 0.550. The summed E-state index contributed by atoms with van der Waals surface area (Å²) in [5.74, 6) is -0.0581. The third-order valence-corrected chi connectivity index (χ3v) is 2.32. The molecule has 1 aromatic rings. The summed E-state index contributed by atoms with van der Waals surface area (Å²) in [5.41, 5.74) is 0.919. The predicted octanol–water partition coefficient (Wildman–Crippen LogP) is 0.446. The Morgan fingerprint density at radius 2 is 2.06 bits per heavy atom. The zero-order valence-corrected chi connectivity index (χ0v) is 9.44. The summed E-state index contributed by atoms with van der Waals surface area (Å²) in [7, 11) is 1.80. The highest BCUT2D eigenvalue weighted by molar-refractivity contribution is 5.76. The number of aliphatic hydroxyl groups excluding tert-OH is 1. The average molecular weight is 222 g/mol. The molecule has 1 atom stereocenters. The van der Waals surface area contributed by atoms with E-state index in [9.17, 15) is 9.90 Å². The van der Waals surface area contributed by atoms with Crippen molar-refractivity contribution in [2.75, 3.05) is 20.2 Å². The molecule has 0 aliphatic rings. The maximum Gasteiger partial charge on any atom is 0.221 e. The van der Waals surface area contributed by atoms with Crippen LogP contribution in [0.15, 0.2) is 30.3 Å². The van der Waals surface area contributed by atoms with Crippen molar-refractivity contribution in [1.82, 2.24) is 10.6 Å². The van der Waals surface area contributed by atoms with Crippen LogP contribution < -0.4 is 10.6 Å². The van der Waals surface area contributed by atoms with Crippen molar-refractivity contribution in [1.29, 1.82) is 0 Å². The SMILES string of the molecule is CNCCC(=O)N[C@@H](CO)c1ccccc1. The van der Waals surface area contributed by atoms with E-state index in [4.69, 9.17) is 0 Å². The molecule has 0 saturated carbocycles. The van der Waals surface area contributed by atoms with Crippen molar-refractivity contribution in [2.45, 2.75) is 12.5 Å². The van der Waals surface area contributed by atoms with Gasteiger partial charge in [-0.05, 0) is 12.6 Å². The first-order valence-electron chi connectivity index (χ1n) is 5.37. The molecular formula is C12H18N2O2. The molecule has 88 valence electrons. The van der Waals surface area contributed by atoms with E-state index in [-0.39, 0.29) is 18.6 Å². The van der Waals surface area contributed by atoms with Crippen LogP contribution in [0, 0.1) is 0 Å². The number of benzene rings is 1. The molecule has 0 saturated heterocycles. The van der Waals surface area contributed by atoms with E-state index in [1.807, 2.05) is 30.3 Å². The lowest BCUT2D eigenvalue weighted by Crippen LogP contribution is -2.32. The normalized spacial score (nSPS) is 12.1. The van der Waals surface area contributed by atoms with Crippen molar-refractivity contribution in [3.8, 4) is 0 Å². The van der Waals surface area contributed by atoms with Gasteiger partial charge in [0.25, 0.3) is 0 Å². The van der Waals surface area contributed by atoms with Gasteiger partial charge in [-0.25, -0.2) is 0 Å². The second kappa shape index (κ2) is 6.98. The van der Waals surface area contributed by atoms with E-state index in [0.29, 0.717) is 13.0 Å². The molecule has 16 heavy (non-hydrogen) atoms. The molecule has 0 heterocycles. The maximum absolute atomic E-state index is 11.5. The standard InChI is InChI=1S/C12H18N2O2/c1-13-8-7-12(16)14-11(9-15)10-5-3-2-4-6-10/h2-6,11,13,15H,7-9H2,1H3,(H,14,16)/t11-/m0/s1. The van der Waals surface area contributed by atoms with Crippen LogP contribution >= 0.6 is 0 Å². The third-order valence-electron chi connectivity index (χ3n) is 2.32. The van der Waals surface area contributed by atoms with Gasteiger partial charge in [0, 0.05) is 13.0 Å². The number of aliphatic hydroxyl groups is 1. The number of amides is 1. The van der Waals surface area contributed by atoms with Crippen molar-refractivity contribution in [2.24, 2.45) is 0 Å². The fourth-order valence-electron chi connectivity index (χ4n) is 1.42. The van der Waals surface area contributed by atoms with E-state index in [0.717, 1.165) is 5.56 Å². The zero-order valence-electron chi connectivity index (χ0n) is 9.44. The molecule has 0 aliphatic carbocycles. The molecule has 0 unspecified atom stereocenters. The molecule has 0 spiro atoms. The van der Waals surface area contributed by atoms with Crippen LogP contribution in [0.3, 0.4) is 0 Å². The highest BCUT2D eigenvalue weighted by atomic mass is 16.3. The number of rotatable bonds is 6. The number of carbonyl (C=O) groups is 1. The number of hydrogen-bond donors (Lipinski definition) is 3. The predicted molar refractivity (Wildman–Crippen MR) is 63.0 cm³/mol.